The van der Waals surface area contributed by atoms with E-state index in [4.69, 9.17) is 10.5 Å². The monoisotopic (exact) mass is 296 g/mol. The van der Waals surface area contributed by atoms with Crippen LogP contribution in [0.5, 0.6) is 0 Å². The predicted molar refractivity (Wildman–Crippen MR) is 87.8 cm³/mol. The number of carbonyl (C=O) groups excluding carboxylic acids is 1. The Labute approximate surface area is 125 Å². The van der Waals surface area contributed by atoms with Crippen molar-refractivity contribution in [2.45, 2.75) is 26.3 Å². The van der Waals surface area contributed by atoms with Crippen LogP contribution >= 0.6 is 11.8 Å². The lowest BCUT2D eigenvalue weighted by Gasteiger charge is -2.28. The van der Waals surface area contributed by atoms with Crippen LogP contribution in [0.25, 0.3) is 0 Å². The number of hydrogen-bond donors (Lipinski definition) is 1. The van der Waals surface area contributed by atoms with Gasteiger partial charge in [-0.3, -0.25) is 0 Å². The predicted octanol–water partition coefficient (Wildman–Crippen LogP) is 2.94. The normalized spacial score (nSPS) is 12.1. The minimum absolute atomic E-state index is 0.391. The summed E-state index contributed by atoms with van der Waals surface area (Å²) in [4.78, 5) is 14.0. The molecule has 0 heterocycles. The first-order valence-corrected chi connectivity index (χ1v) is 8.02. The summed E-state index contributed by atoms with van der Waals surface area (Å²) in [5.74, 6) is 0.723. The Balaban J connectivity index is 3.06. The first-order valence-electron chi connectivity index (χ1n) is 6.62. The summed E-state index contributed by atoms with van der Waals surface area (Å²) < 4.78 is 4.79. The molecular formula is C15H24N2O2S. The Bertz CT molecular complexity index is 477. The molecule has 1 atom stereocenters. The van der Waals surface area contributed by atoms with E-state index in [1.165, 1.54) is 7.11 Å². The van der Waals surface area contributed by atoms with Crippen molar-refractivity contribution in [3.8, 4) is 0 Å². The van der Waals surface area contributed by atoms with E-state index in [2.05, 4.69) is 18.1 Å². The summed E-state index contributed by atoms with van der Waals surface area (Å²) in [6.07, 6.45) is 3.20. The van der Waals surface area contributed by atoms with Gasteiger partial charge in [-0.25, -0.2) is 4.79 Å². The van der Waals surface area contributed by atoms with E-state index in [1.54, 1.807) is 0 Å². The number of benzene rings is 1. The molecule has 4 nitrogen and oxygen atoms in total. The molecule has 0 aliphatic rings. The number of rotatable bonds is 6. The third kappa shape index (κ3) is 3.82. The van der Waals surface area contributed by atoms with Gasteiger partial charge in [-0.2, -0.15) is 11.8 Å². The summed E-state index contributed by atoms with van der Waals surface area (Å²) in [6.45, 7) is 4.09. The lowest BCUT2D eigenvalue weighted by molar-refractivity contribution is 0.0602. The molecule has 2 N–H and O–H groups in total. The largest absolute Gasteiger partial charge is 0.465 e. The molecule has 0 aliphatic heterocycles. The Hall–Kier alpha value is -1.36. The van der Waals surface area contributed by atoms with E-state index in [1.807, 2.05) is 37.9 Å². The quantitative estimate of drug-likeness (QED) is 0.646. The van der Waals surface area contributed by atoms with Crippen molar-refractivity contribution < 1.29 is 9.53 Å². The van der Waals surface area contributed by atoms with Gasteiger partial charge in [-0.15, -0.1) is 0 Å². The van der Waals surface area contributed by atoms with Crippen molar-refractivity contribution in [2.75, 3.05) is 36.8 Å². The van der Waals surface area contributed by atoms with Crippen LogP contribution in [-0.4, -0.2) is 38.2 Å². The Morgan fingerprint density at radius 1 is 1.50 bits per heavy atom. The molecule has 0 saturated heterocycles. The number of anilines is 2. The average molecular weight is 296 g/mol. The summed E-state index contributed by atoms with van der Waals surface area (Å²) >= 11 is 1.84. The fourth-order valence-corrected chi connectivity index (χ4v) is 2.58. The van der Waals surface area contributed by atoms with Gasteiger partial charge in [0.2, 0.25) is 0 Å². The van der Waals surface area contributed by atoms with Gasteiger partial charge in [0.25, 0.3) is 0 Å². The van der Waals surface area contributed by atoms with E-state index >= 15 is 0 Å². The minimum Gasteiger partial charge on any atom is -0.465 e. The Morgan fingerprint density at radius 2 is 2.15 bits per heavy atom. The zero-order chi connectivity index (χ0) is 15.3. The highest BCUT2D eigenvalue weighted by molar-refractivity contribution is 7.98. The van der Waals surface area contributed by atoms with Crippen molar-refractivity contribution in [3.05, 3.63) is 23.3 Å². The van der Waals surface area contributed by atoms with Gasteiger partial charge in [0.05, 0.1) is 12.7 Å². The van der Waals surface area contributed by atoms with E-state index in [0.717, 1.165) is 23.4 Å². The maximum absolute atomic E-state index is 11.8. The standard InChI is InChI=1S/C15H24N2O2S/c1-10-8-12(17(3)11(2)6-7-20-5)9-13(14(10)16)15(18)19-4/h8-9,11H,6-7,16H2,1-5H3. The third-order valence-electron chi connectivity index (χ3n) is 3.59. The molecule has 0 radical (unpaired) electrons. The SMILES string of the molecule is COC(=O)c1cc(N(C)C(C)CCSC)cc(C)c1N. The third-order valence-corrected chi connectivity index (χ3v) is 4.23. The van der Waals surface area contributed by atoms with Gasteiger partial charge in [0.15, 0.2) is 0 Å². The Morgan fingerprint density at radius 3 is 2.70 bits per heavy atom. The van der Waals surface area contributed by atoms with Crippen LogP contribution in [-0.2, 0) is 4.74 Å². The van der Waals surface area contributed by atoms with Crippen molar-refractivity contribution in [1.29, 1.82) is 0 Å². The zero-order valence-electron chi connectivity index (χ0n) is 12.9. The maximum Gasteiger partial charge on any atom is 0.340 e. The zero-order valence-corrected chi connectivity index (χ0v) is 13.7. The number of nitrogens with two attached hydrogens (primary N) is 1. The van der Waals surface area contributed by atoms with Crippen LogP contribution in [0.2, 0.25) is 0 Å². The topological polar surface area (TPSA) is 55.6 Å². The first-order chi connectivity index (χ1) is 9.42. The van der Waals surface area contributed by atoms with Gasteiger partial charge < -0.3 is 15.4 Å². The number of carbonyl (C=O) groups is 1. The van der Waals surface area contributed by atoms with Gasteiger partial charge in [0.1, 0.15) is 0 Å². The van der Waals surface area contributed by atoms with E-state index in [9.17, 15) is 4.79 Å². The molecule has 0 aromatic heterocycles. The number of aryl methyl sites for hydroxylation is 1. The summed E-state index contributed by atoms with van der Waals surface area (Å²) in [5, 5.41) is 0. The molecule has 0 fully saturated rings. The second-order valence-electron chi connectivity index (χ2n) is 4.96. The van der Waals surface area contributed by atoms with E-state index < -0.39 is 5.97 Å². The van der Waals surface area contributed by atoms with Gasteiger partial charge >= 0.3 is 5.97 Å². The highest BCUT2D eigenvalue weighted by Gasteiger charge is 2.17. The fraction of sp³-hybridized carbons (Fsp3) is 0.533. The molecule has 0 bridgehead atoms. The molecular weight excluding hydrogens is 272 g/mol. The number of esters is 1. The molecule has 0 amide bonds. The average Bonchev–Trinajstić information content (AvgIpc) is 2.45. The number of nitrogens with zero attached hydrogens (tertiary/aromatic N) is 1. The van der Waals surface area contributed by atoms with Crippen LogP contribution < -0.4 is 10.6 Å². The smallest absolute Gasteiger partial charge is 0.340 e. The molecule has 0 spiro atoms. The highest BCUT2D eigenvalue weighted by atomic mass is 32.2. The summed E-state index contributed by atoms with van der Waals surface area (Å²) in [6, 6.07) is 4.22. The Kier molecular flexibility index (Phi) is 6.20. The number of hydrogen-bond acceptors (Lipinski definition) is 5. The molecule has 1 unspecified atom stereocenters. The van der Waals surface area contributed by atoms with Crippen molar-refractivity contribution in [2.24, 2.45) is 0 Å². The molecule has 112 valence electrons. The van der Waals surface area contributed by atoms with Gasteiger partial charge in [-0.1, -0.05) is 0 Å². The molecule has 0 aliphatic carbocycles. The maximum atomic E-state index is 11.8. The molecule has 20 heavy (non-hydrogen) atoms. The second-order valence-corrected chi connectivity index (χ2v) is 5.94. The number of nitrogen functional groups attached to an aromatic ring is 1. The van der Waals surface area contributed by atoms with Crippen LogP contribution in [0.15, 0.2) is 12.1 Å². The molecule has 1 rings (SSSR count). The van der Waals surface area contributed by atoms with Crippen molar-refractivity contribution in [3.63, 3.8) is 0 Å². The molecule has 1 aromatic carbocycles. The second kappa shape index (κ2) is 7.43. The lowest BCUT2D eigenvalue weighted by atomic mass is 10.1. The fourth-order valence-electron chi connectivity index (χ4n) is 2.00. The summed E-state index contributed by atoms with van der Waals surface area (Å²) in [5.41, 5.74) is 8.78. The van der Waals surface area contributed by atoms with Gasteiger partial charge in [-0.05, 0) is 50.0 Å². The van der Waals surface area contributed by atoms with E-state index in [-0.39, 0.29) is 0 Å². The molecule has 1 aromatic rings. The van der Waals surface area contributed by atoms with Crippen LogP contribution in [0, 0.1) is 6.92 Å². The van der Waals surface area contributed by atoms with Crippen LogP contribution in [0.1, 0.15) is 29.3 Å². The number of methoxy groups -OCH3 is 1. The summed E-state index contributed by atoms with van der Waals surface area (Å²) in [7, 11) is 3.41. The lowest BCUT2D eigenvalue weighted by Crippen LogP contribution is -2.29. The molecule has 0 saturated carbocycles. The van der Waals surface area contributed by atoms with Crippen LogP contribution in [0.3, 0.4) is 0 Å². The van der Waals surface area contributed by atoms with Crippen molar-refractivity contribution >= 4 is 29.1 Å². The minimum atomic E-state index is -0.391. The number of thioether (sulfide) groups is 1. The molecule has 5 heteroatoms. The van der Waals surface area contributed by atoms with Gasteiger partial charge in [0, 0.05) is 24.5 Å². The number of ether oxygens (including phenoxy) is 1. The van der Waals surface area contributed by atoms with E-state index in [0.29, 0.717) is 17.3 Å². The highest BCUT2D eigenvalue weighted by Crippen LogP contribution is 2.27. The first kappa shape index (κ1) is 16.7. The van der Waals surface area contributed by atoms with Crippen LogP contribution in [0.4, 0.5) is 11.4 Å². The van der Waals surface area contributed by atoms with Crippen molar-refractivity contribution in [1.82, 2.24) is 0 Å².